The van der Waals surface area contributed by atoms with Gasteiger partial charge in [-0.2, -0.15) is 0 Å². The maximum absolute atomic E-state index is 4.27. The van der Waals surface area contributed by atoms with Gasteiger partial charge >= 0.3 is 0 Å². The van der Waals surface area contributed by atoms with Crippen molar-refractivity contribution in [3.8, 4) is 11.1 Å². The Kier molecular flexibility index (Phi) is 6.52. The van der Waals surface area contributed by atoms with Crippen molar-refractivity contribution in [2.75, 3.05) is 0 Å². The average molecular weight is 284 g/mol. The van der Waals surface area contributed by atoms with Gasteiger partial charge in [0.15, 0.2) is 0 Å². The molecule has 0 bridgehead atoms. The number of nitrogens with one attached hydrogen (secondary N) is 1. The standard InChI is InChI=1S/C19H28N2/c1-3-5-7-11-17-14-18(16-10-9-13-20-15-16)19(21-17)12-8-6-4-2/h9-10,13-15,21H,3-8,11-12H2,1-2H3. The lowest BCUT2D eigenvalue weighted by atomic mass is 10.0. The van der Waals surface area contributed by atoms with E-state index >= 15 is 0 Å². The van der Waals surface area contributed by atoms with Gasteiger partial charge in [0.2, 0.25) is 0 Å². The van der Waals surface area contributed by atoms with Gasteiger partial charge in [-0.1, -0.05) is 45.6 Å². The zero-order valence-corrected chi connectivity index (χ0v) is 13.5. The summed E-state index contributed by atoms with van der Waals surface area (Å²) in [5.74, 6) is 0. The van der Waals surface area contributed by atoms with E-state index in [0.717, 1.165) is 12.8 Å². The SMILES string of the molecule is CCCCCc1cc(-c2cccnc2)c(CCCCC)[nH]1. The van der Waals surface area contributed by atoms with Gasteiger partial charge < -0.3 is 4.98 Å². The number of nitrogens with zero attached hydrogens (tertiary/aromatic N) is 1. The molecule has 2 aromatic rings. The van der Waals surface area contributed by atoms with Crippen molar-refractivity contribution < 1.29 is 0 Å². The van der Waals surface area contributed by atoms with E-state index in [1.165, 1.54) is 61.0 Å². The van der Waals surface area contributed by atoms with Crippen LogP contribution >= 0.6 is 0 Å². The molecule has 0 atom stereocenters. The zero-order valence-electron chi connectivity index (χ0n) is 13.5. The van der Waals surface area contributed by atoms with Crippen molar-refractivity contribution in [1.82, 2.24) is 9.97 Å². The lowest BCUT2D eigenvalue weighted by Gasteiger charge is -2.03. The summed E-state index contributed by atoms with van der Waals surface area (Å²) < 4.78 is 0. The van der Waals surface area contributed by atoms with Crippen LogP contribution in [-0.4, -0.2) is 9.97 Å². The van der Waals surface area contributed by atoms with Gasteiger partial charge in [-0.3, -0.25) is 4.98 Å². The van der Waals surface area contributed by atoms with E-state index in [9.17, 15) is 0 Å². The second-order valence-electron chi connectivity index (χ2n) is 5.84. The molecule has 0 amide bonds. The van der Waals surface area contributed by atoms with E-state index in [2.05, 4.69) is 35.9 Å². The van der Waals surface area contributed by atoms with Gasteiger partial charge in [0.05, 0.1) is 0 Å². The highest BCUT2D eigenvalue weighted by Crippen LogP contribution is 2.26. The topological polar surface area (TPSA) is 28.7 Å². The van der Waals surface area contributed by atoms with Gasteiger partial charge in [-0.15, -0.1) is 0 Å². The second kappa shape index (κ2) is 8.66. The van der Waals surface area contributed by atoms with Crippen LogP contribution < -0.4 is 0 Å². The first-order chi connectivity index (χ1) is 10.3. The maximum Gasteiger partial charge on any atom is 0.0346 e. The fraction of sp³-hybridized carbons (Fsp3) is 0.526. The van der Waals surface area contributed by atoms with Crippen LogP contribution in [0.5, 0.6) is 0 Å². The molecule has 0 aliphatic rings. The van der Waals surface area contributed by atoms with Gasteiger partial charge in [-0.25, -0.2) is 0 Å². The van der Waals surface area contributed by atoms with Gasteiger partial charge in [0, 0.05) is 34.9 Å². The van der Waals surface area contributed by atoms with Crippen LogP contribution in [0.15, 0.2) is 30.6 Å². The van der Waals surface area contributed by atoms with Crippen molar-refractivity contribution in [3.63, 3.8) is 0 Å². The summed E-state index contributed by atoms with van der Waals surface area (Å²) in [4.78, 5) is 7.94. The summed E-state index contributed by atoms with van der Waals surface area (Å²) in [6.07, 6.45) is 13.8. The Morgan fingerprint density at radius 2 is 1.76 bits per heavy atom. The summed E-state index contributed by atoms with van der Waals surface area (Å²) in [6, 6.07) is 6.53. The van der Waals surface area contributed by atoms with Crippen LogP contribution in [0.4, 0.5) is 0 Å². The molecule has 2 heterocycles. The van der Waals surface area contributed by atoms with Crippen molar-refractivity contribution >= 4 is 0 Å². The van der Waals surface area contributed by atoms with E-state index in [1.54, 1.807) is 0 Å². The molecule has 0 fully saturated rings. The highest BCUT2D eigenvalue weighted by molar-refractivity contribution is 5.66. The molecule has 0 saturated carbocycles. The van der Waals surface area contributed by atoms with Crippen LogP contribution in [0.1, 0.15) is 63.8 Å². The molecule has 114 valence electrons. The van der Waals surface area contributed by atoms with E-state index < -0.39 is 0 Å². The van der Waals surface area contributed by atoms with Crippen LogP contribution in [-0.2, 0) is 12.8 Å². The van der Waals surface area contributed by atoms with E-state index in [-0.39, 0.29) is 0 Å². The molecular formula is C19H28N2. The molecule has 0 radical (unpaired) electrons. The molecular weight excluding hydrogens is 256 g/mol. The van der Waals surface area contributed by atoms with Crippen molar-refractivity contribution in [2.45, 2.75) is 65.2 Å². The normalized spacial score (nSPS) is 11.0. The lowest BCUT2D eigenvalue weighted by Crippen LogP contribution is -1.91. The molecule has 21 heavy (non-hydrogen) atoms. The van der Waals surface area contributed by atoms with Crippen molar-refractivity contribution in [1.29, 1.82) is 0 Å². The summed E-state index contributed by atoms with van der Waals surface area (Å²) >= 11 is 0. The summed E-state index contributed by atoms with van der Waals surface area (Å²) in [5, 5.41) is 0. The van der Waals surface area contributed by atoms with Gasteiger partial charge in [0.1, 0.15) is 0 Å². The first-order valence-electron chi connectivity index (χ1n) is 8.46. The summed E-state index contributed by atoms with van der Waals surface area (Å²) in [5.41, 5.74) is 5.37. The van der Waals surface area contributed by atoms with Crippen LogP contribution in [0.3, 0.4) is 0 Å². The third kappa shape index (κ3) is 4.73. The van der Waals surface area contributed by atoms with E-state index in [4.69, 9.17) is 0 Å². The molecule has 0 aromatic carbocycles. The Bertz CT molecular complexity index is 514. The number of aromatic amines is 1. The molecule has 2 rings (SSSR count). The molecule has 0 aliphatic carbocycles. The van der Waals surface area contributed by atoms with E-state index in [0.29, 0.717) is 0 Å². The monoisotopic (exact) mass is 284 g/mol. The number of aromatic nitrogens is 2. The number of rotatable bonds is 9. The Labute approximate surface area is 129 Å². The molecule has 2 heteroatoms. The predicted octanol–water partition coefficient (Wildman–Crippen LogP) is 5.54. The zero-order chi connectivity index (χ0) is 14.9. The largest absolute Gasteiger partial charge is 0.362 e. The Balaban J connectivity index is 2.15. The predicted molar refractivity (Wildman–Crippen MR) is 90.5 cm³/mol. The highest BCUT2D eigenvalue weighted by Gasteiger charge is 2.10. The number of H-pyrrole nitrogens is 1. The molecule has 0 aliphatic heterocycles. The first-order valence-corrected chi connectivity index (χ1v) is 8.46. The molecule has 2 aromatic heterocycles. The summed E-state index contributed by atoms with van der Waals surface area (Å²) in [6.45, 7) is 4.51. The quantitative estimate of drug-likeness (QED) is 0.601. The fourth-order valence-electron chi connectivity index (χ4n) is 2.79. The number of pyridine rings is 1. The maximum atomic E-state index is 4.27. The van der Waals surface area contributed by atoms with Crippen molar-refractivity contribution in [3.05, 3.63) is 42.0 Å². The number of hydrogen-bond donors (Lipinski definition) is 1. The minimum absolute atomic E-state index is 1.14. The average Bonchev–Trinajstić information content (AvgIpc) is 2.92. The first kappa shape index (κ1) is 15.8. The van der Waals surface area contributed by atoms with E-state index in [1.807, 2.05) is 18.5 Å². The third-order valence-electron chi connectivity index (χ3n) is 4.01. The molecule has 0 unspecified atom stereocenters. The van der Waals surface area contributed by atoms with Crippen molar-refractivity contribution in [2.24, 2.45) is 0 Å². The minimum atomic E-state index is 1.14. The van der Waals surface area contributed by atoms with Crippen LogP contribution in [0, 0.1) is 0 Å². The molecule has 0 spiro atoms. The molecule has 1 N–H and O–H groups in total. The molecule has 2 nitrogen and oxygen atoms in total. The minimum Gasteiger partial charge on any atom is -0.362 e. The Hall–Kier alpha value is -1.57. The van der Waals surface area contributed by atoms with Crippen LogP contribution in [0.25, 0.3) is 11.1 Å². The number of aryl methyl sites for hydroxylation is 2. The Morgan fingerprint density at radius 1 is 1.00 bits per heavy atom. The molecule has 0 saturated heterocycles. The van der Waals surface area contributed by atoms with Gasteiger partial charge in [0.25, 0.3) is 0 Å². The van der Waals surface area contributed by atoms with Crippen LogP contribution in [0.2, 0.25) is 0 Å². The smallest absolute Gasteiger partial charge is 0.0346 e. The van der Waals surface area contributed by atoms with Gasteiger partial charge in [-0.05, 0) is 37.8 Å². The third-order valence-corrected chi connectivity index (χ3v) is 4.01. The fourth-order valence-corrected chi connectivity index (χ4v) is 2.79. The summed E-state index contributed by atoms with van der Waals surface area (Å²) in [7, 11) is 0. The second-order valence-corrected chi connectivity index (χ2v) is 5.84. The highest BCUT2D eigenvalue weighted by atomic mass is 14.7. The number of unbranched alkanes of at least 4 members (excludes halogenated alkanes) is 4. The lowest BCUT2D eigenvalue weighted by molar-refractivity contribution is 0.696. The Morgan fingerprint density at radius 3 is 2.43 bits per heavy atom. The number of hydrogen-bond acceptors (Lipinski definition) is 1.